The van der Waals surface area contributed by atoms with Gasteiger partial charge in [0.25, 0.3) is 0 Å². The van der Waals surface area contributed by atoms with Crippen LogP contribution < -0.4 is 10.5 Å². The molecule has 3 nitrogen and oxygen atoms in total. The van der Waals surface area contributed by atoms with Crippen molar-refractivity contribution in [3.05, 3.63) is 53.5 Å². The highest BCUT2D eigenvalue weighted by molar-refractivity contribution is 5.30. The van der Waals surface area contributed by atoms with Gasteiger partial charge in [0.15, 0.2) is 0 Å². The number of methoxy groups -OCH3 is 1. The average Bonchev–Trinajstić information content (AvgIpc) is 2.76. The molecule has 0 amide bonds. The molecule has 3 heteroatoms. The molecule has 2 N–H and O–H groups in total. The maximum atomic E-state index is 6.16. The predicted octanol–water partition coefficient (Wildman–Crippen LogP) is 2.84. The summed E-state index contributed by atoms with van der Waals surface area (Å²) in [5, 5.41) is 0. The predicted molar refractivity (Wildman–Crippen MR) is 67.1 cm³/mol. The molecule has 0 bridgehead atoms. The van der Waals surface area contributed by atoms with E-state index >= 15 is 0 Å². The molecule has 0 aliphatic heterocycles. The Kier molecular flexibility index (Phi) is 3.49. The highest BCUT2D eigenvalue weighted by atomic mass is 16.5. The van der Waals surface area contributed by atoms with Crippen LogP contribution in [0.25, 0.3) is 0 Å². The third-order valence-electron chi connectivity index (χ3n) is 2.89. The molecule has 1 heterocycles. The number of furan rings is 1. The normalized spacial score (nSPS) is 12.4. The first kappa shape index (κ1) is 11.7. The Morgan fingerprint density at radius 3 is 2.82 bits per heavy atom. The molecule has 2 aromatic rings. The lowest BCUT2D eigenvalue weighted by Gasteiger charge is -2.11. The van der Waals surface area contributed by atoms with Crippen molar-refractivity contribution < 1.29 is 9.15 Å². The van der Waals surface area contributed by atoms with Gasteiger partial charge >= 0.3 is 0 Å². The van der Waals surface area contributed by atoms with E-state index in [-0.39, 0.29) is 6.04 Å². The second-order valence-electron chi connectivity index (χ2n) is 4.09. The summed E-state index contributed by atoms with van der Waals surface area (Å²) in [4.78, 5) is 0. The van der Waals surface area contributed by atoms with Crippen molar-refractivity contribution >= 4 is 0 Å². The monoisotopic (exact) mass is 231 g/mol. The summed E-state index contributed by atoms with van der Waals surface area (Å²) in [6.45, 7) is 1.93. The molecule has 0 aliphatic rings. The molecule has 90 valence electrons. The van der Waals surface area contributed by atoms with E-state index in [2.05, 4.69) is 6.07 Å². The van der Waals surface area contributed by atoms with Crippen LogP contribution in [-0.4, -0.2) is 7.11 Å². The smallest absolute Gasteiger partial charge is 0.119 e. The van der Waals surface area contributed by atoms with Gasteiger partial charge in [-0.1, -0.05) is 12.1 Å². The van der Waals surface area contributed by atoms with Crippen LogP contribution in [0.2, 0.25) is 0 Å². The number of aryl methyl sites for hydroxylation is 1. The summed E-state index contributed by atoms with van der Waals surface area (Å²) in [7, 11) is 1.67. The summed E-state index contributed by atoms with van der Waals surface area (Å²) < 4.78 is 10.5. The Morgan fingerprint density at radius 1 is 1.35 bits per heavy atom. The van der Waals surface area contributed by atoms with Crippen LogP contribution in [0.3, 0.4) is 0 Å². The van der Waals surface area contributed by atoms with Gasteiger partial charge in [-0.2, -0.15) is 0 Å². The summed E-state index contributed by atoms with van der Waals surface area (Å²) in [6.07, 6.45) is 2.45. The van der Waals surface area contributed by atoms with Crippen LogP contribution >= 0.6 is 0 Å². The van der Waals surface area contributed by atoms with Gasteiger partial charge in [0.05, 0.1) is 13.4 Å². The van der Waals surface area contributed by atoms with Crippen LogP contribution in [0.15, 0.2) is 41.0 Å². The van der Waals surface area contributed by atoms with Crippen molar-refractivity contribution in [2.75, 3.05) is 7.11 Å². The summed E-state index contributed by atoms with van der Waals surface area (Å²) >= 11 is 0. The lowest BCUT2D eigenvalue weighted by Crippen LogP contribution is -2.13. The van der Waals surface area contributed by atoms with E-state index in [1.165, 1.54) is 0 Å². The fourth-order valence-corrected chi connectivity index (χ4v) is 1.94. The largest absolute Gasteiger partial charge is 0.497 e. The molecule has 0 saturated heterocycles. The Hall–Kier alpha value is -1.74. The van der Waals surface area contributed by atoms with E-state index in [0.717, 1.165) is 29.1 Å². The van der Waals surface area contributed by atoms with Crippen molar-refractivity contribution in [2.45, 2.75) is 19.4 Å². The van der Waals surface area contributed by atoms with Gasteiger partial charge < -0.3 is 14.9 Å². The first-order chi connectivity index (χ1) is 8.20. The highest BCUT2D eigenvalue weighted by Gasteiger charge is 2.12. The van der Waals surface area contributed by atoms with E-state index in [0.29, 0.717) is 0 Å². The molecule has 0 fully saturated rings. The van der Waals surface area contributed by atoms with Gasteiger partial charge in [-0.15, -0.1) is 0 Å². The molecule has 2 rings (SSSR count). The van der Waals surface area contributed by atoms with E-state index in [9.17, 15) is 0 Å². The molecule has 1 aromatic heterocycles. The molecular formula is C14H17NO2. The zero-order chi connectivity index (χ0) is 12.3. The maximum absolute atomic E-state index is 6.16. The number of nitrogens with two attached hydrogens (primary N) is 1. The van der Waals surface area contributed by atoms with Crippen molar-refractivity contribution in [3.63, 3.8) is 0 Å². The number of hydrogen-bond acceptors (Lipinski definition) is 3. The molecule has 0 radical (unpaired) electrons. The molecule has 1 unspecified atom stereocenters. The van der Waals surface area contributed by atoms with E-state index in [1.807, 2.05) is 31.2 Å². The number of benzene rings is 1. The first-order valence-corrected chi connectivity index (χ1v) is 5.63. The zero-order valence-electron chi connectivity index (χ0n) is 10.1. The lowest BCUT2D eigenvalue weighted by molar-refractivity contribution is 0.414. The van der Waals surface area contributed by atoms with Crippen LogP contribution in [0.4, 0.5) is 0 Å². The SMILES string of the molecule is COc1cccc(CC(N)c2ccoc2C)c1. The van der Waals surface area contributed by atoms with Crippen LogP contribution in [0, 0.1) is 6.92 Å². The number of rotatable bonds is 4. The Balaban J connectivity index is 2.13. The Bertz CT molecular complexity index is 490. The highest BCUT2D eigenvalue weighted by Crippen LogP contribution is 2.22. The van der Waals surface area contributed by atoms with Crippen molar-refractivity contribution in [1.29, 1.82) is 0 Å². The molecule has 1 aromatic carbocycles. The third-order valence-corrected chi connectivity index (χ3v) is 2.89. The van der Waals surface area contributed by atoms with E-state index in [4.69, 9.17) is 14.9 Å². The third kappa shape index (κ3) is 2.68. The minimum absolute atomic E-state index is 0.0409. The standard InChI is InChI=1S/C14H17NO2/c1-10-13(6-7-17-10)14(15)9-11-4-3-5-12(8-11)16-2/h3-8,14H,9,15H2,1-2H3. The molecule has 1 atom stereocenters. The molecular weight excluding hydrogens is 214 g/mol. The second-order valence-corrected chi connectivity index (χ2v) is 4.09. The van der Waals surface area contributed by atoms with Gasteiger partial charge in [-0.25, -0.2) is 0 Å². The maximum Gasteiger partial charge on any atom is 0.119 e. The quantitative estimate of drug-likeness (QED) is 0.880. The molecule has 17 heavy (non-hydrogen) atoms. The van der Waals surface area contributed by atoms with Gasteiger partial charge in [0.2, 0.25) is 0 Å². The van der Waals surface area contributed by atoms with Crippen LogP contribution in [0.1, 0.15) is 22.9 Å². The van der Waals surface area contributed by atoms with Crippen molar-refractivity contribution in [2.24, 2.45) is 5.73 Å². The molecule has 0 saturated carbocycles. The van der Waals surface area contributed by atoms with Gasteiger partial charge in [-0.3, -0.25) is 0 Å². The van der Waals surface area contributed by atoms with Crippen molar-refractivity contribution in [1.82, 2.24) is 0 Å². The molecule has 0 aliphatic carbocycles. The Morgan fingerprint density at radius 2 is 2.18 bits per heavy atom. The minimum Gasteiger partial charge on any atom is -0.497 e. The fourth-order valence-electron chi connectivity index (χ4n) is 1.94. The summed E-state index contributed by atoms with van der Waals surface area (Å²) in [5.41, 5.74) is 8.39. The lowest BCUT2D eigenvalue weighted by atomic mass is 10.0. The van der Waals surface area contributed by atoms with Crippen LogP contribution in [0.5, 0.6) is 5.75 Å². The number of hydrogen-bond donors (Lipinski definition) is 1. The average molecular weight is 231 g/mol. The van der Waals surface area contributed by atoms with E-state index in [1.54, 1.807) is 13.4 Å². The van der Waals surface area contributed by atoms with Gasteiger partial charge in [-0.05, 0) is 37.1 Å². The summed E-state index contributed by atoms with van der Waals surface area (Å²) in [6, 6.07) is 9.86. The minimum atomic E-state index is -0.0409. The zero-order valence-corrected chi connectivity index (χ0v) is 10.1. The van der Waals surface area contributed by atoms with Crippen molar-refractivity contribution in [3.8, 4) is 5.75 Å². The van der Waals surface area contributed by atoms with E-state index < -0.39 is 0 Å². The van der Waals surface area contributed by atoms with Gasteiger partial charge in [0.1, 0.15) is 11.5 Å². The Labute approximate surface area is 101 Å². The van der Waals surface area contributed by atoms with Gasteiger partial charge in [0, 0.05) is 11.6 Å². The number of ether oxygens (including phenoxy) is 1. The summed E-state index contributed by atoms with van der Waals surface area (Å²) in [5.74, 6) is 1.75. The second kappa shape index (κ2) is 5.06. The fraction of sp³-hybridized carbons (Fsp3) is 0.286. The molecule has 0 spiro atoms. The first-order valence-electron chi connectivity index (χ1n) is 5.63. The van der Waals surface area contributed by atoms with Crippen LogP contribution in [-0.2, 0) is 6.42 Å². The topological polar surface area (TPSA) is 48.4 Å².